The van der Waals surface area contributed by atoms with Gasteiger partial charge in [-0.2, -0.15) is 0 Å². The lowest BCUT2D eigenvalue weighted by Crippen LogP contribution is -2.25. The molecule has 2 nitrogen and oxygen atoms in total. The quantitative estimate of drug-likeness (QED) is 0.167. The first-order chi connectivity index (χ1) is 37.7. The molecule has 2 heteroatoms. The van der Waals surface area contributed by atoms with Crippen molar-refractivity contribution in [2.24, 2.45) is 0 Å². The Hall–Kier alpha value is -9.76. The fourth-order valence-electron chi connectivity index (χ4n) is 15.4. The minimum atomic E-state index is -0.431. The van der Waals surface area contributed by atoms with Gasteiger partial charge in [-0.25, -0.2) is 0 Å². The number of nitrogens with zero attached hydrogens (tertiary/aromatic N) is 2. The van der Waals surface area contributed by atoms with Gasteiger partial charge in [0.05, 0.1) is 32.9 Å². The summed E-state index contributed by atoms with van der Waals surface area (Å²) in [6, 6.07) is 101. The standard InChI is InChI=1S/C74H44N2/c1-3-19-47(20-4-1)75-67-41-35-45(43-57(67)53-37-39-65-69(71(53)75)55-27-11-17-33-63(55)73(65)59-29-13-7-23-49(59)50-24-8-14-30-60(50)73)46-36-42-68-58(44-46)54-38-40-66-70(72(54)76(68)48-21-5-2-6-22-48)56-28-12-18-34-64(56)74(66)61-31-15-9-25-51(61)52-26-10-16-32-62(52)74/h1-44H. The highest BCUT2D eigenvalue weighted by atomic mass is 15.0. The van der Waals surface area contributed by atoms with Gasteiger partial charge in [-0.15, -0.1) is 0 Å². The number of hydrogen-bond acceptors (Lipinski definition) is 0. The van der Waals surface area contributed by atoms with Crippen molar-refractivity contribution in [3.05, 3.63) is 311 Å². The Morgan fingerprint density at radius 3 is 0.882 bits per heavy atom. The van der Waals surface area contributed by atoms with Gasteiger partial charge in [0.1, 0.15) is 0 Å². The van der Waals surface area contributed by atoms with E-state index in [1.807, 2.05) is 0 Å². The highest BCUT2D eigenvalue weighted by Gasteiger charge is 2.54. The number of rotatable bonds is 3. The minimum Gasteiger partial charge on any atom is -0.309 e. The summed E-state index contributed by atoms with van der Waals surface area (Å²) < 4.78 is 5.08. The second-order valence-corrected chi connectivity index (χ2v) is 21.3. The van der Waals surface area contributed by atoms with Crippen LogP contribution in [0.4, 0.5) is 0 Å². The summed E-state index contributed by atoms with van der Waals surface area (Å²) >= 11 is 0. The van der Waals surface area contributed by atoms with Crippen LogP contribution < -0.4 is 0 Å². The third kappa shape index (κ3) is 4.76. The third-order valence-electron chi connectivity index (χ3n) is 18.1. The van der Waals surface area contributed by atoms with Gasteiger partial charge >= 0.3 is 0 Å². The molecule has 0 saturated heterocycles. The molecule has 14 aromatic rings. The monoisotopic (exact) mass is 960 g/mol. The largest absolute Gasteiger partial charge is 0.309 e. The Labute approximate surface area is 439 Å². The first-order valence-corrected chi connectivity index (χ1v) is 26.7. The van der Waals surface area contributed by atoms with Crippen LogP contribution in [0.15, 0.2) is 267 Å². The molecule has 0 saturated carbocycles. The van der Waals surface area contributed by atoms with Crippen LogP contribution in [-0.4, -0.2) is 9.13 Å². The lowest BCUT2D eigenvalue weighted by molar-refractivity contribution is 0.794. The van der Waals surface area contributed by atoms with Crippen molar-refractivity contribution < 1.29 is 0 Å². The molecule has 0 atom stereocenters. The van der Waals surface area contributed by atoms with Gasteiger partial charge in [0.2, 0.25) is 0 Å². The van der Waals surface area contributed by atoms with Crippen LogP contribution in [0.3, 0.4) is 0 Å². The van der Waals surface area contributed by atoms with E-state index >= 15 is 0 Å². The fraction of sp³-hybridized carbons (Fsp3) is 0.0270. The van der Waals surface area contributed by atoms with Gasteiger partial charge in [-0.05, 0) is 138 Å². The molecule has 18 rings (SSSR count). The van der Waals surface area contributed by atoms with Crippen molar-refractivity contribution >= 4 is 43.6 Å². The molecular weight excluding hydrogens is 917 g/mol. The van der Waals surface area contributed by atoms with Crippen molar-refractivity contribution in [3.8, 4) is 67.0 Å². The van der Waals surface area contributed by atoms with Crippen LogP contribution in [0, 0.1) is 0 Å². The van der Waals surface area contributed by atoms with E-state index in [1.54, 1.807) is 0 Å². The molecule has 2 heterocycles. The second-order valence-electron chi connectivity index (χ2n) is 21.3. The minimum absolute atomic E-state index is 0.431. The second kappa shape index (κ2) is 14.5. The van der Waals surface area contributed by atoms with Crippen molar-refractivity contribution in [1.82, 2.24) is 9.13 Å². The number of aromatic nitrogens is 2. The molecule has 0 amide bonds. The van der Waals surface area contributed by atoms with E-state index in [4.69, 9.17) is 0 Å². The maximum absolute atomic E-state index is 2.54. The maximum atomic E-state index is 2.54. The molecule has 12 aromatic carbocycles. The number of benzene rings is 12. The first kappa shape index (κ1) is 40.7. The molecule has 76 heavy (non-hydrogen) atoms. The topological polar surface area (TPSA) is 9.86 Å². The van der Waals surface area contributed by atoms with E-state index in [0.717, 1.165) is 11.4 Å². The smallest absolute Gasteiger partial charge is 0.0726 e. The molecule has 0 N–H and O–H groups in total. The molecule has 0 unspecified atom stereocenters. The average Bonchev–Trinajstić information content (AvgIpc) is 4.49. The highest BCUT2D eigenvalue weighted by Crippen LogP contribution is 2.66. The predicted octanol–water partition coefficient (Wildman–Crippen LogP) is 18.2. The first-order valence-electron chi connectivity index (χ1n) is 26.7. The molecule has 2 aromatic heterocycles. The SMILES string of the molecule is c1ccc(-n2c3ccc(-c4ccc5c(c4)c4ccc6c(c4n5-c4ccccc4)-c4ccccc4C64c5ccccc5-c5ccccc54)cc3c3ccc4c(c32)-c2ccccc2C42c3ccccc3-c3ccccc32)cc1. The van der Waals surface area contributed by atoms with Crippen LogP contribution in [-0.2, 0) is 10.8 Å². The van der Waals surface area contributed by atoms with Gasteiger partial charge in [-0.1, -0.05) is 218 Å². The molecule has 0 radical (unpaired) electrons. The summed E-state index contributed by atoms with van der Waals surface area (Å²) in [7, 11) is 0. The predicted molar refractivity (Wildman–Crippen MR) is 313 cm³/mol. The Bertz CT molecular complexity index is 4470. The number of hydrogen-bond donors (Lipinski definition) is 0. The zero-order valence-electron chi connectivity index (χ0n) is 41.3. The molecule has 2 spiro atoms. The van der Waals surface area contributed by atoms with Crippen LogP contribution in [0.2, 0.25) is 0 Å². The summed E-state index contributed by atoms with van der Waals surface area (Å²) in [6.45, 7) is 0. The molecule has 0 aliphatic heterocycles. The lowest BCUT2D eigenvalue weighted by Gasteiger charge is -2.30. The normalized spacial score (nSPS) is 14.3. The molecule has 4 aliphatic carbocycles. The van der Waals surface area contributed by atoms with Gasteiger partial charge in [0.25, 0.3) is 0 Å². The number of fused-ring (bicyclic) bond motifs is 28. The van der Waals surface area contributed by atoms with Gasteiger partial charge in [0, 0.05) is 44.0 Å². The maximum Gasteiger partial charge on any atom is 0.0726 e. The zero-order valence-corrected chi connectivity index (χ0v) is 41.3. The lowest BCUT2D eigenvalue weighted by atomic mass is 9.70. The van der Waals surface area contributed by atoms with E-state index in [-0.39, 0.29) is 0 Å². The molecule has 4 aliphatic rings. The van der Waals surface area contributed by atoms with Crippen LogP contribution >= 0.6 is 0 Å². The van der Waals surface area contributed by atoms with Crippen molar-refractivity contribution in [2.45, 2.75) is 10.8 Å². The number of para-hydroxylation sites is 2. The molecule has 350 valence electrons. The van der Waals surface area contributed by atoms with Crippen LogP contribution in [0.1, 0.15) is 44.5 Å². The zero-order chi connectivity index (χ0) is 49.4. The molecule has 0 fully saturated rings. The Morgan fingerprint density at radius 1 is 0.224 bits per heavy atom. The highest BCUT2D eigenvalue weighted by molar-refractivity contribution is 6.19. The molecule has 0 bridgehead atoms. The van der Waals surface area contributed by atoms with E-state index < -0.39 is 10.8 Å². The van der Waals surface area contributed by atoms with Gasteiger partial charge in [0.15, 0.2) is 0 Å². The summed E-state index contributed by atoms with van der Waals surface area (Å²) in [5, 5.41) is 5.00. The fourth-order valence-corrected chi connectivity index (χ4v) is 15.4. The Morgan fingerprint density at radius 2 is 0.526 bits per heavy atom. The Balaban J connectivity index is 0.892. The molecular formula is C74H44N2. The van der Waals surface area contributed by atoms with Crippen LogP contribution in [0.25, 0.3) is 111 Å². The van der Waals surface area contributed by atoms with Gasteiger partial charge in [-0.3, -0.25) is 0 Å². The third-order valence-corrected chi connectivity index (χ3v) is 18.1. The van der Waals surface area contributed by atoms with E-state index in [9.17, 15) is 0 Å². The summed E-state index contributed by atoms with van der Waals surface area (Å²) in [5.41, 5.74) is 30.1. The van der Waals surface area contributed by atoms with E-state index in [0.29, 0.717) is 0 Å². The summed E-state index contributed by atoms with van der Waals surface area (Å²) in [4.78, 5) is 0. The van der Waals surface area contributed by atoms with Gasteiger partial charge < -0.3 is 9.13 Å². The van der Waals surface area contributed by atoms with Crippen LogP contribution in [0.5, 0.6) is 0 Å². The summed E-state index contributed by atoms with van der Waals surface area (Å²) in [6.07, 6.45) is 0. The Kier molecular flexibility index (Phi) is 7.77. The van der Waals surface area contributed by atoms with E-state index in [2.05, 4.69) is 276 Å². The van der Waals surface area contributed by atoms with Crippen molar-refractivity contribution in [3.63, 3.8) is 0 Å². The van der Waals surface area contributed by atoms with Crippen molar-refractivity contribution in [1.29, 1.82) is 0 Å². The average molecular weight is 961 g/mol. The van der Waals surface area contributed by atoms with E-state index in [1.165, 1.54) is 144 Å². The van der Waals surface area contributed by atoms with Crippen molar-refractivity contribution in [2.75, 3.05) is 0 Å². The summed E-state index contributed by atoms with van der Waals surface area (Å²) in [5.74, 6) is 0.